The van der Waals surface area contributed by atoms with Crippen LogP contribution in [-0.4, -0.2) is 20.3 Å². The standard InChI is InChI=1S/C16H15N3O2S/c20-15-13-4-1-2-5-14(13)18-16(21)19(15)10-3-11-22-12-6-8-17-9-7-12/h1-2,4-9H,3,10-11H2,(H,18,21). The highest BCUT2D eigenvalue weighted by Crippen LogP contribution is 2.17. The minimum Gasteiger partial charge on any atom is -0.307 e. The maximum absolute atomic E-state index is 12.3. The molecule has 0 aliphatic carbocycles. The molecule has 6 heteroatoms. The molecule has 0 radical (unpaired) electrons. The van der Waals surface area contributed by atoms with Crippen LogP contribution in [0.3, 0.4) is 0 Å². The minimum absolute atomic E-state index is 0.228. The van der Waals surface area contributed by atoms with E-state index in [-0.39, 0.29) is 11.2 Å². The Hall–Kier alpha value is -2.34. The highest BCUT2D eigenvalue weighted by Gasteiger charge is 2.06. The van der Waals surface area contributed by atoms with E-state index in [1.807, 2.05) is 12.1 Å². The fourth-order valence-electron chi connectivity index (χ4n) is 2.25. The van der Waals surface area contributed by atoms with Crippen LogP contribution in [0.2, 0.25) is 0 Å². The molecule has 2 heterocycles. The van der Waals surface area contributed by atoms with E-state index in [1.54, 1.807) is 48.4 Å². The van der Waals surface area contributed by atoms with E-state index in [1.165, 1.54) is 4.57 Å². The Bertz CT molecular complexity index is 887. The summed E-state index contributed by atoms with van der Waals surface area (Å²) < 4.78 is 1.27. The van der Waals surface area contributed by atoms with Crippen LogP contribution in [0.25, 0.3) is 10.9 Å². The number of pyridine rings is 1. The van der Waals surface area contributed by atoms with Gasteiger partial charge in [0, 0.05) is 23.8 Å². The Morgan fingerprint density at radius 1 is 1.09 bits per heavy atom. The first-order valence-corrected chi connectivity index (χ1v) is 7.99. The summed E-state index contributed by atoms with van der Waals surface area (Å²) in [5.74, 6) is 0.836. The number of benzene rings is 1. The van der Waals surface area contributed by atoms with Crippen LogP contribution in [0.15, 0.2) is 63.3 Å². The summed E-state index contributed by atoms with van der Waals surface area (Å²) >= 11 is 1.69. The number of hydrogen-bond donors (Lipinski definition) is 1. The fraction of sp³-hybridized carbons (Fsp3) is 0.188. The van der Waals surface area contributed by atoms with Gasteiger partial charge in [0.2, 0.25) is 0 Å². The number of fused-ring (bicyclic) bond motifs is 1. The van der Waals surface area contributed by atoms with Crippen molar-refractivity contribution in [2.24, 2.45) is 0 Å². The number of aromatic amines is 1. The molecule has 22 heavy (non-hydrogen) atoms. The lowest BCUT2D eigenvalue weighted by Crippen LogP contribution is -2.35. The molecule has 0 aliphatic rings. The third-order valence-electron chi connectivity index (χ3n) is 3.33. The molecule has 0 atom stereocenters. The quantitative estimate of drug-likeness (QED) is 0.579. The summed E-state index contributed by atoms with van der Waals surface area (Å²) in [4.78, 5) is 32.2. The Kier molecular flexibility index (Phi) is 4.39. The van der Waals surface area contributed by atoms with Crippen LogP contribution in [0.1, 0.15) is 6.42 Å². The molecule has 3 aromatic rings. The number of nitrogens with one attached hydrogen (secondary N) is 1. The number of aromatic nitrogens is 3. The molecule has 0 aliphatic heterocycles. The number of para-hydroxylation sites is 1. The first kappa shape index (κ1) is 14.6. The summed E-state index contributed by atoms with van der Waals surface area (Å²) in [6.45, 7) is 0.414. The first-order valence-electron chi connectivity index (χ1n) is 7.00. The maximum atomic E-state index is 12.3. The first-order chi connectivity index (χ1) is 10.8. The van der Waals surface area contributed by atoms with E-state index >= 15 is 0 Å². The largest absolute Gasteiger partial charge is 0.328 e. The fourth-order valence-corrected chi connectivity index (χ4v) is 3.07. The van der Waals surface area contributed by atoms with Gasteiger partial charge in [-0.15, -0.1) is 11.8 Å². The van der Waals surface area contributed by atoms with Crippen molar-refractivity contribution in [1.82, 2.24) is 14.5 Å². The molecule has 1 aromatic carbocycles. The van der Waals surface area contributed by atoms with Crippen molar-refractivity contribution in [2.45, 2.75) is 17.9 Å². The Morgan fingerprint density at radius 2 is 1.86 bits per heavy atom. The van der Waals surface area contributed by atoms with Gasteiger partial charge < -0.3 is 4.98 Å². The minimum atomic E-state index is -0.349. The molecular weight excluding hydrogens is 298 g/mol. The van der Waals surface area contributed by atoms with Crippen LogP contribution < -0.4 is 11.2 Å². The molecule has 5 nitrogen and oxygen atoms in total. The van der Waals surface area contributed by atoms with Gasteiger partial charge >= 0.3 is 5.69 Å². The predicted octanol–water partition coefficient (Wildman–Crippen LogP) is 2.27. The molecule has 0 saturated carbocycles. The van der Waals surface area contributed by atoms with Crippen LogP contribution in [0.5, 0.6) is 0 Å². The maximum Gasteiger partial charge on any atom is 0.328 e. The summed E-state index contributed by atoms with van der Waals surface area (Å²) in [6.07, 6.45) is 4.25. The lowest BCUT2D eigenvalue weighted by molar-refractivity contribution is 0.627. The van der Waals surface area contributed by atoms with Gasteiger partial charge in [0.1, 0.15) is 0 Å². The van der Waals surface area contributed by atoms with E-state index in [0.29, 0.717) is 17.4 Å². The zero-order valence-corrected chi connectivity index (χ0v) is 12.7. The van der Waals surface area contributed by atoms with Crippen molar-refractivity contribution in [3.63, 3.8) is 0 Å². The van der Waals surface area contributed by atoms with Crippen LogP contribution in [0.4, 0.5) is 0 Å². The SMILES string of the molecule is O=c1[nH]c2ccccc2c(=O)n1CCCSc1ccncc1. The van der Waals surface area contributed by atoms with E-state index in [9.17, 15) is 9.59 Å². The second-order valence-electron chi connectivity index (χ2n) is 4.82. The van der Waals surface area contributed by atoms with Gasteiger partial charge in [-0.3, -0.25) is 14.3 Å². The lowest BCUT2D eigenvalue weighted by atomic mass is 10.2. The molecule has 0 bridgehead atoms. The predicted molar refractivity (Wildman–Crippen MR) is 88.4 cm³/mol. The summed E-state index contributed by atoms with van der Waals surface area (Å²) in [6, 6.07) is 11.0. The monoisotopic (exact) mass is 313 g/mol. The number of hydrogen-bond acceptors (Lipinski definition) is 4. The smallest absolute Gasteiger partial charge is 0.307 e. The van der Waals surface area contributed by atoms with Crippen molar-refractivity contribution in [2.75, 3.05) is 5.75 Å². The van der Waals surface area contributed by atoms with Crippen molar-refractivity contribution in [3.05, 3.63) is 69.6 Å². The molecule has 0 unspecified atom stereocenters. The Morgan fingerprint density at radius 3 is 2.68 bits per heavy atom. The molecular formula is C16H15N3O2S. The molecule has 112 valence electrons. The van der Waals surface area contributed by atoms with Gasteiger partial charge in [0.25, 0.3) is 5.56 Å². The van der Waals surface area contributed by atoms with Gasteiger partial charge in [-0.25, -0.2) is 4.79 Å². The summed E-state index contributed by atoms with van der Waals surface area (Å²) in [5.41, 5.74) is 0.00535. The summed E-state index contributed by atoms with van der Waals surface area (Å²) in [5, 5.41) is 0.545. The van der Waals surface area contributed by atoms with Crippen molar-refractivity contribution >= 4 is 22.7 Å². The number of H-pyrrole nitrogens is 1. The van der Waals surface area contributed by atoms with Gasteiger partial charge in [0.05, 0.1) is 10.9 Å². The summed E-state index contributed by atoms with van der Waals surface area (Å²) in [7, 11) is 0. The number of rotatable bonds is 5. The second kappa shape index (κ2) is 6.62. The second-order valence-corrected chi connectivity index (χ2v) is 5.99. The Labute approximate surface area is 131 Å². The topological polar surface area (TPSA) is 67.8 Å². The molecule has 0 fully saturated rings. The van der Waals surface area contributed by atoms with Crippen LogP contribution >= 0.6 is 11.8 Å². The van der Waals surface area contributed by atoms with Gasteiger partial charge in [-0.1, -0.05) is 12.1 Å². The van der Waals surface area contributed by atoms with Crippen LogP contribution in [-0.2, 0) is 6.54 Å². The van der Waals surface area contributed by atoms with E-state index in [0.717, 1.165) is 17.1 Å². The van der Waals surface area contributed by atoms with Gasteiger partial charge in [-0.05, 0) is 36.4 Å². The molecule has 0 spiro atoms. The number of nitrogens with zero attached hydrogens (tertiary/aromatic N) is 2. The number of thioether (sulfide) groups is 1. The van der Waals surface area contributed by atoms with Crippen molar-refractivity contribution in [1.29, 1.82) is 0 Å². The van der Waals surface area contributed by atoms with Crippen LogP contribution in [0, 0.1) is 0 Å². The Balaban J connectivity index is 1.72. The van der Waals surface area contributed by atoms with Crippen molar-refractivity contribution in [3.8, 4) is 0 Å². The average Bonchev–Trinajstić information content (AvgIpc) is 2.55. The molecule has 0 amide bonds. The third-order valence-corrected chi connectivity index (χ3v) is 4.43. The van der Waals surface area contributed by atoms with Crippen molar-refractivity contribution < 1.29 is 0 Å². The molecule has 0 saturated heterocycles. The highest BCUT2D eigenvalue weighted by molar-refractivity contribution is 7.99. The molecule has 2 aromatic heterocycles. The highest BCUT2D eigenvalue weighted by atomic mass is 32.2. The molecule has 3 rings (SSSR count). The zero-order valence-electron chi connectivity index (χ0n) is 11.9. The van der Waals surface area contributed by atoms with Gasteiger partial charge in [-0.2, -0.15) is 0 Å². The third kappa shape index (κ3) is 3.12. The molecule has 1 N–H and O–H groups in total. The van der Waals surface area contributed by atoms with E-state index in [2.05, 4.69) is 9.97 Å². The normalized spacial score (nSPS) is 10.9. The lowest BCUT2D eigenvalue weighted by Gasteiger charge is -2.06. The average molecular weight is 313 g/mol. The van der Waals surface area contributed by atoms with E-state index in [4.69, 9.17) is 0 Å². The zero-order chi connectivity index (χ0) is 15.4. The van der Waals surface area contributed by atoms with E-state index < -0.39 is 0 Å². The van der Waals surface area contributed by atoms with Gasteiger partial charge in [0.15, 0.2) is 0 Å².